The van der Waals surface area contributed by atoms with Crippen molar-refractivity contribution in [3.05, 3.63) is 29.3 Å². The van der Waals surface area contributed by atoms with Crippen LogP contribution in [-0.4, -0.2) is 11.7 Å². The molecule has 2 nitrogen and oxygen atoms in total. The van der Waals surface area contributed by atoms with E-state index in [9.17, 15) is 8.78 Å². The van der Waals surface area contributed by atoms with Gasteiger partial charge in [-0.1, -0.05) is 51.9 Å². The molecule has 0 saturated heterocycles. The minimum atomic E-state index is -0.751. The molecule has 1 aromatic rings. The standard InChI is InChI=1S/C17H26F2O2/c1-2-3-4-5-6-7-8-9-10-21-17-15(18)11-14(13-20)12-16(17)19/h11-12,20H,2-10,13H2,1H3. The monoisotopic (exact) mass is 300 g/mol. The lowest BCUT2D eigenvalue weighted by molar-refractivity contribution is 0.267. The summed E-state index contributed by atoms with van der Waals surface area (Å²) in [7, 11) is 0. The van der Waals surface area contributed by atoms with Gasteiger partial charge in [0.05, 0.1) is 13.2 Å². The van der Waals surface area contributed by atoms with E-state index < -0.39 is 11.6 Å². The Morgan fingerprint density at radius 3 is 1.95 bits per heavy atom. The second-order valence-corrected chi connectivity index (χ2v) is 5.37. The number of benzene rings is 1. The molecule has 0 bridgehead atoms. The Bertz CT molecular complexity index is 385. The first-order valence-corrected chi connectivity index (χ1v) is 7.90. The molecule has 0 atom stereocenters. The smallest absolute Gasteiger partial charge is 0.190 e. The van der Waals surface area contributed by atoms with Crippen molar-refractivity contribution in [2.45, 2.75) is 64.9 Å². The molecule has 0 aliphatic heterocycles. The van der Waals surface area contributed by atoms with Gasteiger partial charge in [0.2, 0.25) is 0 Å². The molecule has 0 amide bonds. The molecule has 0 saturated carbocycles. The largest absolute Gasteiger partial charge is 0.488 e. The zero-order valence-electron chi connectivity index (χ0n) is 12.8. The number of ether oxygens (including phenoxy) is 1. The zero-order chi connectivity index (χ0) is 15.5. The van der Waals surface area contributed by atoms with Crippen molar-refractivity contribution in [1.82, 2.24) is 0 Å². The van der Waals surface area contributed by atoms with Crippen LogP contribution in [0.1, 0.15) is 63.9 Å². The summed E-state index contributed by atoms with van der Waals surface area (Å²) in [6, 6.07) is 2.21. The quantitative estimate of drug-likeness (QED) is 0.584. The summed E-state index contributed by atoms with van der Waals surface area (Å²) < 4.78 is 32.3. The van der Waals surface area contributed by atoms with Crippen molar-refractivity contribution >= 4 is 0 Å². The van der Waals surface area contributed by atoms with Gasteiger partial charge in [0.25, 0.3) is 0 Å². The van der Waals surface area contributed by atoms with Crippen LogP contribution in [0.3, 0.4) is 0 Å². The molecule has 0 aromatic heterocycles. The molecule has 1 rings (SSSR count). The number of aliphatic hydroxyl groups is 1. The highest BCUT2D eigenvalue weighted by Crippen LogP contribution is 2.23. The minimum Gasteiger partial charge on any atom is -0.488 e. The van der Waals surface area contributed by atoms with Gasteiger partial charge in [0.1, 0.15) is 0 Å². The van der Waals surface area contributed by atoms with E-state index in [4.69, 9.17) is 9.84 Å². The van der Waals surface area contributed by atoms with Crippen LogP contribution in [0.25, 0.3) is 0 Å². The highest BCUT2D eigenvalue weighted by Gasteiger charge is 2.12. The van der Waals surface area contributed by atoms with Crippen molar-refractivity contribution in [1.29, 1.82) is 0 Å². The van der Waals surface area contributed by atoms with Gasteiger partial charge in [-0.2, -0.15) is 0 Å². The van der Waals surface area contributed by atoms with E-state index >= 15 is 0 Å². The third-order valence-corrected chi connectivity index (χ3v) is 3.48. The van der Waals surface area contributed by atoms with Crippen LogP contribution in [0.5, 0.6) is 5.75 Å². The molecule has 0 unspecified atom stereocenters. The first kappa shape index (κ1) is 17.9. The first-order chi connectivity index (χ1) is 10.2. The van der Waals surface area contributed by atoms with Gasteiger partial charge in [0.15, 0.2) is 17.4 Å². The summed E-state index contributed by atoms with van der Waals surface area (Å²) in [6.45, 7) is 2.14. The number of unbranched alkanes of at least 4 members (excludes halogenated alkanes) is 7. The Morgan fingerprint density at radius 2 is 1.43 bits per heavy atom. The highest BCUT2D eigenvalue weighted by molar-refractivity contribution is 5.31. The lowest BCUT2D eigenvalue weighted by Gasteiger charge is -2.09. The molecule has 0 spiro atoms. The molecule has 120 valence electrons. The van der Waals surface area contributed by atoms with Crippen molar-refractivity contribution in [3.63, 3.8) is 0 Å². The molecule has 1 aromatic carbocycles. The normalized spacial score (nSPS) is 10.9. The maximum Gasteiger partial charge on any atom is 0.190 e. The average molecular weight is 300 g/mol. The fourth-order valence-corrected chi connectivity index (χ4v) is 2.25. The summed E-state index contributed by atoms with van der Waals surface area (Å²) in [6.07, 6.45) is 9.28. The van der Waals surface area contributed by atoms with Gasteiger partial charge >= 0.3 is 0 Å². The Labute approximate surface area is 126 Å². The maximum absolute atomic E-state index is 13.6. The number of hydrogen-bond donors (Lipinski definition) is 1. The fourth-order valence-electron chi connectivity index (χ4n) is 2.25. The van der Waals surface area contributed by atoms with Gasteiger partial charge in [-0.05, 0) is 24.1 Å². The van der Waals surface area contributed by atoms with Gasteiger partial charge in [-0.3, -0.25) is 0 Å². The second-order valence-electron chi connectivity index (χ2n) is 5.37. The predicted molar refractivity (Wildman–Crippen MR) is 80.4 cm³/mol. The van der Waals surface area contributed by atoms with E-state index in [0.29, 0.717) is 6.61 Å². The van der Waals surface area contributed by atoms with Crippen LogP contribution < -0.4 is 4.74 Å². The SMILES string of the molecule is CCCCCCCCCCOc1c(F)cc(CO)cc1F. The first-order valence-electron chi connectivity index (χ1n) is 7.90. The summed E-state index contributed by atoms with van der Waals surface area (Å²) in [5.41, 5.74) is 0.212. The van der Waals surface area contributed by atoms with Crippen LogP contribution in [0.15, 0.2) is 12.1 Å². The topological polar surface area (TPSA) is 29.5 Å². The fraction of sp³-hybridized carbons (Fsp3) is 0.647. The molecular formula is C17H26F2O2. The Kier molecular flexibility index (Phi) is 8.99. The minimum absolute atomic E-state index is 0.212. The summed E-state index contributed by atoms with van der Waals surface area (Å²) >= 11 is 0. The van der Waals surface area contributed by atoms with E-state index in [1.54, 1.807) is 0 Å². The summed E-state index contributed by atoms with van der Waals surface area (Å²) in [5.74, 6) is -1.84. The van der Waals surface area contributed by atoms with Gasteiger partial charge in [-0.15, -0.1) is 0 Å². The van der Waals surface area contributed by atoms with Crippen LogP contribution in [0.2, 0.25) is 0 Å². The summed E-state index contributed by atoms with van der Waals surface area (Å²) in [5, 5.41) is 8.85. The number of rotatable bonds is 11. The van der Waals surface area contributed by atoms with Crippen LogP contribution >= 0.6 is 0 Å². The molecule has 4 heteroatoms. The number of hydrogen-bond acceptors (Lipinski definition) is 2. The van der Waals surface area contributed by atoms with E-state index in [1.165, 1.54) is 32.1 Å². The van der Waals surface area contributed by atoms with Crippen molar-refractivity contribution in [2.75, 3.05) is 6.61 Å². The molecule has 0 aliphatic rings. The lowest BCUT2D eigenvalue weighted by Crippen LogP contribution is -2.02. The molecule has 21 heavy (non-hydrogen) atoms. The molecule has 0 radical (unpaired) electrons. The van der Waals surface area contributed by atoms with E-state index in [2.05, 4.69) is 6.92 Å². The van der Waals surface area contributed by atoms with Crippen molar-refractivity contribution in [3.8, 4) is 5.75 Å². The van der Waals surface area contributed by atoms with E-state index in [-0.39, 0.29) is 17.9 Å². The van der Waals surface area contributed by atoms with Crippen LogP contribution in [-0.2, 0) is 6.61 Å². The molecule has 1 N–H and O–H groups in total. The predicted octanol–water partition coefficient (Wildman–Crippen LogP) is 4.98. The molecule has 0 heterocycles. The zero-order valence-corrected chi connectivity index (χ0v) is 12.8. The number of halogens is 2. The molecule has 0 fully saturated rings. The van der Waals surface area contributed by atoms with Gasteiger partial charge < -0.3 is 9.84 Å². The Hall–Kier alpha value is -1.16. The highest BCUT2D eigenvalue weighted by atomic mass is 19.1. The van der Waals surface area contributed by atoms with E-state index in [0.717, 1.165) is 31.4 Å². The third-order valence-electron chi connectivity index (χ3n) is 3.48. The summed E-state index contributed by atoms with van der Waals surface area (Å²) in [4.78, 5) is 0. The second kappa shape index (κ2) is 10.6. The maximum atomic E-state index is 13.6. The van der Waals surface area contributed by atoms with Crippen LogP contribution in [0, 0.1) is 11.6 Å². The van der Waals surface area contributed by atoms with Gasteiger partial charge in [0, 0.05) is 0 Å². The molecule has 0 aliphatic carbocycles. The average Bonchev–Trinajstić information content (AvgIpc) is 2.47. The van der Waals surface area contributed by atoms with Crippen molar-refractivity contribution < 1.29 is 18.6 Å². The Morgan fingerprint density at radius 1 is 0.905 bits per heavy atom. The van der Waals surface area contributed by atoms with E-state index in [1.807, 2.05) is 0 Å². The van der Waals surface area contributed by atoms with Gasteiger partial charge in [-0.25, -0.2) is 8.78 Å². The Balaban J connectivity index is 2.18. The lowest BCUT2D eigenvalue weighted by atomic mass is 10.1. The van der Waals surface area contributed by atoms with Crippen LogP contribution in [0.4, 0.5) is 8.78 Å². The molecular weight excluding hydrogens is 274 g/mol. The number of aliphatic hydroxyl groups excluding tert-OH is 1. The third kappa shape index (κ3) is 6.89. The van der Waals surface area contributed by atoms with Crippen molar-refractivity contribution in [2.24, 2.45) is 0 Å².